The van der Waals surface area contributed by atoms with Crippen molar-refractivity contribution in [2.75, 3.05) is 78.6 Å². The summed E-state index contributed by atoms with van der Waals surface area (Å²) in [5.74, 6) is 0.946. The number of allylic oxidation sites excluding steroid dienone is 4. The smallest absolute Gasteiger partial charge is 0.119 e. The lowest BCUT2D eigenvalue weighted by Gasteiger charge is -2.23. The van der Waals surface area contributed by atoms with Gasteiger partial charge in [0.05, 0.1) is 6.61 Å². The maximum atomic E-state index is 6.04. The molecule has 2 rings (SSSR count). The summed E-state index contributed by atoms with van der Waals surface area (Å²) in [5, 5.41) is 14.1. The largest absolute Gasteiger partial charge is 0.494 e. The zero-order valence-corrected chi connectivity index (χ0v) is 24.5. The first-order valence-corrected chi connectivity index (χ1v) is 14.7. The zero-order chi connectivity index (χ0) is 27.3. The van der Waals surface area contributed by atoms with Crippen molar-refractivity contribution in [2.45, 2.75) is 46.5 Å². The molecule has 6 heteroatoms. The van der Waals surface area contributed by atoms with Gasteiger partial charge in [0.15, 0.2) is 0 Å². The first kappa shape index (κ1) is 32.3. The number of benzene rings is 1. The third-order valence-electron chi connectivity index (χ3n) is 7.02. The molecule has 0 amide bonds. The molecule has 0 radical (unpaired) electrons. The predicted octanol–water partition coefficient (Wildman–Crippen LogP) is 4.47. The van der Waals surface area contributed by atoms with Crippen LogP contribution < -0.4 is 26.0 Å². The minimum Gasteiger partial charge on any atom is -0.494 e. The summed E-state index contributed by atoms with van der Waals surface area (Å²) < 4.78 is 6.04. The van der Waals surface area contributed by atoms with Gasteiger partial charge in [0.1, 0.15) is 5.75 Å². The topological polar surface area (TPSA) is 60.6 Å². The first-order valence-electron chi connectivity index (χ1n) is 14.7. The highest BCUT2D eigenvalue weighted by Crippen LogP contribution is 2.28. The molecular formula is C32H55N5O. The van der Waals surface area contributed by atoms with E-state index >= 15 is 0 Å². The first-order chi connectivity index (χ1) is 18.5. The minimum absolute atomic E-state index is 0.00305. The molecule has 1 heterocycles. The van der Waals surface area contributed by atoms with Crippen LogP contribution in [0, 0.1) is 5.41 Å². The molecule has 0 spiro atoms. The molecule has 0 aliphatic carbocycles. The van der Waals surface area contributed by atoms with Gasteiger partial charge in [-0.25, -0.2) is 0 Å². The van der Waals surface area contributed by atoms with Gasteiger partial charge in [-0.2, -0.15) is 0 Å². The maximum absolute atomic E-state index is 6.04. The molecule has 0 saturated carbocycles. The molecule has 1 saturated heterocycles. The third kappa shape index (κ3) is 15.5. The Morgan fingerprint density at radius 3 is 2.03 bits per heavy atom. The van der Waals surface area contributed by atoms with Gasteiger partial charge in [-0.1, -0.05) is 48.9 Å². The van der Waals surface area contributed by atoms with Gasteiger partial charge >= 0.3 is 0 Å². The second-order valence-corrected chi connectivity index (χ2v) is 10.8. The van der Waals surface area contributed by atoms with Crippen LogP contribution in [-0.2, 0) is 0 Å². The number of unbranched alkanes of at least 4 members (excludes halogenated alkanes) is 1. The molecule has 0 unspecified atom stereocenters. The van der Waals surface area contributed by atoms with Crippen LogP contribution in [0.2, 0.25) is 0 Å². The van der Waals surface area contributed by atoms with E-state index in [0.717, 1.165) is 110 Å². The van der Waals surface area contributed by atoms with E-state index in [9.17, 15) is 0 Å². The number of hydrogen-bond donors (Lipinski definition) is 4. The normalized spacial score (nSPS) is 18.7. The number of nitrogens with one attached hydrogen (secondary N) is 4. The van der Waals surface area contributed by atoms with Gasteiger partial charge in [-0.3, -0.25) is 0 Å². The van der Waals surface area contributed by atoms with Gasteiger partial charge in [0.25, 0.3) is 0 Å². The lowest BCUT2D eigenvalue weighted by Crippen LogP contribution is -2.39. The molecule has 1 aromatic rings. The van der Waals surface area contributed by atoms with Crippen molar-refractivity contribution in [2.24, 2.45) is 5.41 Å². The quantitative estimate of drug-likeness (QED) is 0.239. The van der Waals surface area contributed by atoms with Crippen LogP contribution in [0.15, 0.2) is 54.6 Å². The van der Waals surface area contributed by atoms with Crippen LogP contribution in [0.5, 0.6) is 5.75 Å². The number of ether oxygens (including phenoxy) is 1. The number of hydrogen-bond acceptors (Lipinski definition) is 6. The van der Waals surface area contributed by atoms with Gasteiger partial charge < -0.3 is 30.9 Å². The highest BCUT2D eigenvalue weighted by molar-refractivity contribution is 5.52. The molecule has 1 fully saturated rings. The summed E-state index contributed by atoms with van der Waals surface area (Å²) in [6, 6.07) is 8.44. The van der Waals surface area contributed by atoms with Crippen molar-refractivity contribution in [1.82, 2.24) is 26.2 Å². The van der Waals surface area contributed by atoms with Crippen molar-refractivity contribution < 1.29 is 4.74 Å². The summed E-state index contributed by atoms with van der Waals surface area (Å²) in [6.45, 7) is 22.9. The molecule has 0 aromatic heterocycles. The Kier molecular flexibility index (Phi) is 17.0. The predicted molar refractivity (Wildman–Crippen MR) is 165 cm³/mol. The molecular weight excluding hydrogens is 470 g/mol. The SMILES string of the molecule is C=C[C@@](C)(/C=C/c1ccc(OCCCCN2CCNCCNCCNCCNCC2)cc1)CCC=C(C)C. The minimum atomic E-state index is 0.00305. The summed E-state index contributed by atoms with van der Waals surface area (Å²) in [5.41, 5.74) is 2.57. The summed E-state index contributed by atoms with van der Waals surface area (Å²) in [4.78, 5) is 2.57. The summed E-state index contributed by atoms with van der Waals surface area (Å²) in [7, 11) is 0. The second kappa shape index (κ2) is 20.0. The Hall–Kier alpha value is -1.96. The molecule has 0 bridgehead atoms. The molecule has 214 valence electrons. The van der Waals surface area contributed by atoms with Crippen molar-refractivity contribution in [3.8, 4) is 5.75 Å². The number of nitrogens with zero attached hydrogens (tertiary/aromatic N) is 1. The van der Waals surface area contributed by atoms with E-state index in [1.165, 1.54) is 11.1 Å². The molecule has 1 atom stereocenters. The van der Waals surface area contributed by atoms with Crippen molar-refractivity contribution >= 4 is 6.08 Å². The molecule has 38 heavy (non-hydrogen) atoms. The fourth-order valence-electron chi connectivity index (χ4n) is 4.35. The van der Waals surface area contributed by atoms with E-state index < -0.39 is 0 Å². The van der Waals surface area contributed by atoms with Crippen LogP contribution >= 0.6 is 0 Å². The van der Waals surface area contributed by atoms with E-state index in [4.69, 9.17) is 4.74 Å². The number of rotatable bonds is 12. The van der Waals surface area contributed by atoms with Gasteiger partial charge in [0.2, 0.25) is 0 Å². The van der Waals surface area contributed by atoms with Crippen LogP contribution in [-0.4, -0.2) is 83.5 Å². The fraction of sp³-hybridized carbons (Fsp3) is 0.625. The van der Waals surface area contributed by atoms with Gasteiger partial charge in [-0.15, -0.1) is 6.58 Å². The molecule has 1 aromatic carbocycles. The van der Waals surface area contributed by atoms with Crippen molar-refractivity contribution in [3.63, 3.8) is 0 Å². The van der Waals surface area contributed by atoms with E-state index in [2.05, 4.69) is 102 Å². The van der Waals surface area contributed by atoms with E-state index in [-0.39, 0.29) is 5.41 Å². The highest BCUT2D eigenvalue weighted by atomic mass is 16.5. The lowest BCUT2D eigenvalue weighted by atomic mass is 9.84. The monoisotopic (exact) mass is 525 g/mol. The third-order valence-corrected chi connectivity index (χ3v) is 7.02. The van der Waals surface area contributed by atoms with Crippen molar-refractivity contribution in [3.05, 3.63) is 60.2 Å². The van der Waals surface area contributed by atoms with Gasteiger partial charge in [-0.05, 0) is 63.8 Å². The second-order valence-electron chi connectivity index (χ2n) is 10.8. The molecule has 4 N–H and O–H groups in total. The van der Waals surface area contributed by atoms with Crippen LogP contribution in [0.3, 0.4) is 0 Å². The Morgan fingerprint density at radius 1 is 0.895 bits per heavy atom. The molecule has 1 aliphatic rings. The average Bonchev–Trinajstić information content (AvgIpc) is 2.92. The fourth-order valence-corrected chi connectivity index (χ4v) is 4.35. The van der Waals surface area contributed by atoms with E-state index in [0.29, 0.717) is 0 Å². The van der Waals surface area contributed by atoms with Crippen LogP contribution in [0.25, 0.3) is 6.08 Å². The van der Waals surface area contributed by atoms with Crippen molar-refractivity contribution in [1.29, 1.82) is 0 Å². The van der Waals surface area contributed by atoms with E-state index in [1.54, 1.807) is 0 Å². The summed E-state index contributed by atoms with van der Waals surface area (Å²) >= 11 is 0. The summed E-state index contributed by atoms with van der Waals surface area (Å²) in [6.07, 6.45) is 13.2. The Morgan fingerprint density at radius 2 is 1.47 bits per heavy atom. The average molecular weight is 526 g/mol. The Balaban J connectivity index is 1.69. The molecule has 1 aliphatic heterocycles. The standard InChI is InChI=1S/C32H55N5O/c1-5-32(4,15-8-9-29(2)3)16-14-30-10-12-31(13-11-30)38-28-7-6-25-37-26-23-35-21-19-33-17-18-34-20-22-36-24-27-37/h5,9-14,16,33-36H,1,6-8,15,17-28H2,2-4H3/b16-14+/t32-/m1/s1. The Labute approximate surface area is 233 Å². The van der Waals surface area contributed by atoms with Crippen LogP contribution in [0.4, 0.5) is 0 Å². The lowest BCUT2D eigenvalue weighted by molar-refractivity contribution is 0.249. The molecule has 6 nitrogen and oxygen atoms in total. The van der Waals surface area contributed by atoms with Gasteiger partial charge in [0, 0.05) is 70.9 Å². The Bertz CT molecular complexity index is 787. The maximum Gasteiger partial charge on any atom is 0.119 e. The zero-order valence-electron chi connectivity index (χ0n) is 24.5. The highest BCUT2D eigenvalue weighted by Gasteiger charge is 2.15. The van der Waals surface area contributed by atoms with Crippen LogP contribution in [0.1, 0.15) is 52.0 Å². The van der Waals surface area contributed by atoms with E-state index in [1.807, 2.05) is 0 Å².